The number of halogens is 1. The predicted molar refractivity (Wildman–Crippen MR) is 106 cm³/mol. The quantitative estimate of drug-likeness (QED) is 0.509. The van der Waals surface area contributed by atoms with E-state index in [-0.39, 0.29) is 12.2 Å². The number of thiophene rings is 1. The minimum Gasteiger partial charge on any atom is -0.454 e. The number of hydrogen-bond acceptors (Lipinski definition) is 5. The van der Waals surface area contributed by atoms with E-state index in [1.807, 2.05) is 35.7 Å². The van der Waals surface area contributed by atoms with Crippen molar-refractivity contribution < 1.29 is 9.53 Å². The van der Waals surface area contributed by atoms with Gasteiger partial charge in [-0.1, -0.05) is 41.9 Å². The number of ether oxygens (including phenoxy) is 1. The van der Waals surface area contributed by atoms with E-state index in [0.29, 0.717) is 26.6 Å². The minimum absolute atomic E-state index is 0.120. The molecule has 27 heavy (non-hydrogen) atoms. The SMILES string of the molecule is O=C(OCc1nc2scc(-c3ccccc3)c2c(=O)[nH]1)c1ccc(Cl)cc1. The summed E-state index contributed by atoms with van der Waals surface area (Å²) in [5.41, 5.74) is 1.93. The van der Waals surface area contributed by atoms with Gasteiger partial charge in [0.25, 0.3) is 5.56 Å². The normalized spacial score (nSPS) is 10.9. The lowest BCUT2D eigenvalue weighted by molar-refractivity contribution is 0.0462. The molecule has 4 rings (SSSR count). The topological polar surface area (TPSA) is 72.0 Å². The van der Waals surface area contributed by atoms with E-state index in [1.165, 1.54) is 11.3 Å². The van der Waals surface area contributed by atoms with Crippen molar-refractivity contribution in [2.24, 2.45) is 0 Å². The number of fused-ring (bicyclic) bond motifs is 1. The Morgan fingerprint density at radius 2 is 1.85 bits per heavy atom. The highest BCUT2D eigenvalue weighted by molar-refractivity contribution is 7.17. The van der Waals surface area contributed by atoms with Crippen molar-refractivity contribution in [2.75, 3.05) is 0 Å². The fourth-order valence-electron chi connectivity index (χ4n) is 2.70. The maximum Gasteiger partial charge on any atom is 0.338 e. The highest BCUT2D eigenvalue weighted by atomic mass is 35.5. The molecule has 5 nitrogen and oxygen atoms in total. The smallest absolute Gasteiger partial charge is 0.338 e. The number of aromatic amines is 1. The number of carbonyl (C=O) groups excluding carboxylic acids is 1. The zero-order valence-corrected chi connectivity index (χ0v) is 15.5. The lowest BCUT2D eigenvalue weighted by Crippen LogP contribution is -2.14. The van der Waals surface area contributed by atoms with Crippen molar-refractivity contribution in [1.82, 2.24) is 9.97 Å². The van der Waals surface area contributed by atoms with E-state index in [2.05, 4.69) is 9.97 Å². The Morgan fingerprint density at radius 1 is 1.11 bits per heavy atom. The van der Waals surface area contributed by atoms with Gasteiger partial charge in [0.15, 0.2) is 0 Å². The lowest BCUT2D eigenvalue weighted by atomic mass is 10.1. The number of benzene rings is 2. The Kier molecular flexibility index (Phi) is 4.75. The summed E-state index contributed by atoms with van der Waals surface area (Å²) in [5, 5.41) is 2.99. The molecule has 1 N–H and O–H groups in total. The Labute approximate surface area is 163 Å². The molecule has 4 aromatic rings. The molecule has 2 aromatic heterocycles. The number of nitrogens with one attached hydrogen (secondary N) is 1. The first-order valence-electron chi connectivity index (χ1n) is 8.10. The second-order valence-corrected chi connectivity index (χ2v) is 7.09. The van der Waals surface area contributed by atoms with Crippen molar-refractivity contribution in [3.63, 3.8) is 0 Å². The molecule has 0 aliphatic carbocycles. The van der Waals surface area contributed by atoms with E-state index < -0.39 is 5.97 Å². The molecular weight excluding hydrogens is 384 g/mol. The lowest BCUT2D eigenvalue weighted by Gasteiger charge is -2.05. The van der Waals surface area contributed by atoms with Gasteiger partial charge >= 0.3 is 5.97 Å². The molecule has 2 aromatic carbocycles. The van der Waals surface area contributed by atoms with Gasteiger partial charge in [-0.15, -0.1) is 11.3 Å². The van der Waals surface area contributed by atoms with Crippen LogP contribution in [0.3, 0.4) is 0 Å². The summed E-state index contributed by atoms with van der Waals surface area (Å²) >= 11 is 7.19. The molecule has 0 aliphatic heterocycles. The first-order valence-corrected chi connectivity index (χ1v) is 9.36. The number of esters is 1. The average Bonchev–Trinajstić information content (AvgIpc) is 3.12. The van der Waals surface area contributed by atoms with E-state index in [1.54, 1.807) is 24.3 Å². The second-order valence-electron chi connectivity index (χ2n) is 5.79. The van der Waals surface area contributed by atoms with Crippen LogP contribution in [0.15, 0.2) is 64.8 Å². The predicted octanol–water partition coefficient (Wildman–Crippen LogP) is 4.66. The summed E-state index contributed by atoms with van der Waals surface area (Å²) in [6, 6.07) is 16.0. The second kappa shape index (κ2) is 7.34. The van der Waals surface area contributed by atoms with Gasteiger partial charge in [0.05, 0.1) is 10.9 Å². The van der Waals surface area contributed by atoms with Crippen molar-refractivity contribution in [1.29, 1.82) is 0 Å². The number of aromatic nitrogens is 2. The molecular formula is C20H13ClN2O3S. The Balaban J connectivity index is 1.58. The van der Waals surface area contributed by atoms with Crippen LogP contribution >= 0.6 is 22.9 Å². The number of hydrogen-bond donors (Lipinski definition) is 1. The van der Waals surface area contributed by atoms with Crippen molar-refractivity contribution in [3.8, 4) is 11.1 Å². The van der Waals surface area contributed by atoms with Gasteiger partial charge in [-0.2, -0.15) is 0 Å². The summed E-state index contributed by atoms with van der Waals surface area (Å²) in [5.74, 6) is -0.207. The third-order valence-electron chi connectivity index (χ3n) is 4.00. The van der Waals surface area contributed by atoms with Crippen LogP contribution in [0.25, 0.3) is 21.3 Å². The van der Waals surface area contributed by atoms with Gasteiger partial charge in [-0.25, -0.2) is 9.78 Å². The van der Waals surface area contributed by atoms with Gasteiger partial charge < -0.3 is 9.72 Å². The summed E-state index contributed by atoms with van der Waals surface area (Å²) < 4.78 is 5.24. The Bertz CT molecular complexity index is 1170. The van der Waals surface area contributed by atoms with Crippen LogP contribution in [0.5, 0.6) is 0 Å². The monoisotopic (exact) mass is 396 g/mol. The van der Waals surface area contributed by atoms with Crippen molar-refractivity contribution in [3.05, 3.63) is 86.7 Å². The van der Waals surface area contributed by atoms with Crippen molar-refractivity contribution >= 4 is 39.1 Å². The third kappa shape index (κ3) is 3.63. The van der Waals surface area contributed by atoms with E-state index >= 15 is 0 Å². The molecule has 0 aliphatic rings. The van der Waals surface area contributed by atoms with E-state index in [0.717, 1.165) is 11.1 Å². The first-order chi connectivity index (χ1) is 13.1. The van der Waals surface area contributed by atoms with Crippen LogP contribution in [0, 0.1) is 0 Å². The molecule has 0 fully saturated rings. The van der Waals surface area contributed by atoms with Crippen LogP contribution in [-0.2, 0) is 11.3 Å². The molecule has 0 saturated heterocycles. The molecule has 0 unspecified atom stereocenters. The molecule has 7 heteroatoms. The largest absolute Gasteiger partial charge is 0.454 e. The van der Waals surface area contributed by atoms with Crippen LogP contribution < -0.4 is 5.56 Å². The van der Waals surface area contributed by atoms with Gasteiger partial charge in [0.1, 0.15) is 17.3 Å². The first kappa shape index (κ1) is 17.5. The van der Waals surface area contributed by atoms with E-state index in [4.69, 9.17) is 16.3 Å². The summed E-state index contributed by atoms with van der Waals surface area (Å²) in [4.78, 5) is 32.4. The number of rotatable bonds is 4. The molecule has 0 spiro atoms. The van der Waals surface area contributed by atoms with Gasteiger partial charge in [-0.05, 0) is 29.8 Å². The maximum absolute atomic E-state index is 12.6. The molecule has 134 valence electrons. The van der Waals surface area contributed by atoms with Crippen molar-refractivity contribution in [2.45, 2.75) is 6.61 Å². The molecule has 0 radical (unpaired) electrons. The number of carbonyl (C=O) groups is 1. The Morgan fingerprint density at radius 3 is 2.59 bits per heavy atom. The maximum atomic E-state index is 12.6. The molecule has 0 bridgehead atoms. The van der Waals surface area contributed by atoms with Crippen LogP contribution in [0.4, 0.5) is 0 Å². The van der Waals surface area contributed by atoms with E-state index in [9.17, 15) is 9.59 Å². The van der Waals surface area contributed by atoms with Gasteiger partial charge in [-0.3, -0.25) is 4.79 Å². The summed E-state index contributed by atoms with van der Waals surface area (Å²) in [6.45, 7) is -0.120. The van der Waals surface area contributed by atoms with Crippen LogP contribution in [-0.4, -0.2) is 15.9 Å². The standard InChI is InChI=1S/C20H13ClN2O3S/c21-14-8-6-13(7-9-14)20(25)26-10-16-22-18(24)17-15(11-27-19(17)23-16)12-4-2-1-3-5-12/h1-9,11H,10H2,(H,22,23,24). The van der Waals surface area contributed by atoms with Crippen LogP contribution in [0.2, 0.25) is 5.02 Å². The fourth-order valence-corrected chi connectivity index (χ4v) is 3.79. The number of H-pyrrole nitrogens is 1. The Hall–Kier alpha value is -2.96. The molecule has 2 heterocycles. The molecule has 0 amide bonds. The molecule has 0 saturated carbocycles. The molecule has 0 atom stereocenters. The zero-order valence-electron chi connectivity index (χ0n) is 13.9. The minimum atomic E-state index is -0.509. The summed E-state index contributed by atoms with van der Waals surface area (Å²) in [7, 11) is 0. The zero-order chi connectivity index (χ0) is 18.8. The third-order valence-corrected chi connectivity index (χ3v) is 5.12. The average molecular weight is 397 g/mol. The summed E-state index contributed by atoms with van der Waals surface area (Å²) in [6.07, 6.45) is 0. The highest BCUT2D eigenvalue weighted by Crippen LogP contribution is 2.30. The fraction of sp³-hybridized carbons (Fsp3) is 0.0500. The highest BCUT2D eigenvalue weighted by Gasteiger charge is 2.14. The van der Waals surface area contributed by atoms with Gasteiger partial charge in [0, 0.05) is 16.0 Å². The number of nitrogens with zero attached hydrogens (tertiary/aromatic N) is 1. The van der Waals surface area contributed by atoms with Crippen LogP contribution in [0.1, 0.15) is 16.2 Å². The van der Waals surface area contributed by atoms with Gasteiger partial charge in [0.2, 0.25) is 0 Å².